The third-order valence-electron chi connectivity index (χ3n) is 5.00. The summed E-state index contributed by atoms with van der Waals surface area (Å²) in [6, 6.07) is 16.7. The number of piperidine rings is 1. The van der Waals surface area contributed by atoms with E-state index in [0.717, 1.165) is 37.1 Å². The van der Waals surface area contributed by atoms with Crippen LogP contribution < -0.4 is 16.0 Å². The van der Waals surface area contributed by atoms with Crippen LogP contribution in [0.1, 0.15) is 24.8 Å². The van der Waals surface area contributed by atoms with E-state index in [-0.39, 0.29) is 18.0 Å². The summed E-state index contributed by atoms with van der Waals surface area (Å²) in [4.78, 5) is 26.7. The van der Waals surface area contributed by atoms with E-state index < -0.39 is 0 Å². The van der Waals surface area contributed by atoms with Crippen molar-refractivity contribution >= 4 is 29.2 Å². The smallest absolute Gasteiger partial charge is 0.319 e. The number of carbonyl (C=O) groups is 2. The van der Waals surface area contributed by atoms with Gasteiger partial charge in [-0.3, -0.25) is 9.69 Å². The predicted octanol–water partition coefficient (Wildman–Crippen LogP) is 3.63. The Morgan fingerprint density at radius 2 is 1.86 bits per heavy atom. The van der Waals surface area contributed by atoms with Crippen LogP contribution in [0.2, 0.25) is 5.02 Å². The zero-order valence-corrected chi connectivity index (χ0v) is 17.1. The molecule has 0 radical (unpaired) electrons. The third kappa shape index (κ3) is 7.07. The fourth-order valence-corrected chi connectivity index (χ4v) is 3.71. The summed E-state index contributed by atoms with van der Waals surface area (Å²) in [6.45, 7) is 2.15. The Morgan fingerprint density at radius 3 is 2.66 bits per heavy atom. The van der Waals surface area contributed by atoms with Gasteiger partial charge >= 0.3 is 6.03 Å². The number of urea groups is 1. The van der Waals surface area contributed by atoms with Crippen molar-refractivity contribution < 1.29 is 9.59 Å². The number of hydrogen-bond donors (Lipinski definition) is 3. The van der Waals surface area contributed by atoms with Crippen LogP contribution in [-0.2, 0) is 11.3 Å². The van der Waals surface area contributed by atoms with E-state index in [4.69, 9.17) is 11.6 Å². The molecule has 1 saturated heterocycles. The number of nitrogens with one attached hydrogen (secondary N) is 3. The Bertz CT molecular complexity index is 815. The van der Waals surface area contributed by atoms with Gasteiger partial charge in [0.2, 0.25) is 5.91 Å². The van der Waals surface area contributed by atoms with E-state index >= 15 is 0 Å². The van der Waals surface area contributed by atoms with E-state index in [1.165, 1.54) is 0 Å². The lowest BCUT2D eigenvalue weighted by Gasteiger charge is -2.35. The molecule has 0 bridgehead atoms. The predicted molar refractivity (Wildman–Crippen MR) is 116 cm³/mol. The average molecular weight is 415 g/mol. The van der Waals surface area contributed by atoms with Crippen molar-refractivity contribution in [2.24, 2.45) is 0 Å². The van der Waals surface area contributed by atoms with Gasteiger partial charge in [-0.1, -0.05) is 48.4 Å². The van der Waals surface area contributed by atoms with Gasteiger partial charge in [-0.15, -0.1) is 0 Å². The quantitative estimate of drug-likeness (QED) is 0.647. The standard InChI is InChI=1S/C22H27ClN4O2/c23-18-8-6-7-17(13-18)14-24-21(28)16-27-12-5-4-11-20(27)15-25-22(29)26-19-9-2-1-3-10-19/h1-3,6-10,13,20H,4-5,11-12,14-16H2,(H,24,28)(H2,25,26,29). The summed E-state index contributed by atoms with van der Waals surface area (Å²) < 4.78 is 0. The molecule has 3 rings (SSSR count). The summed E-state index contributed by atoms with van der Waals surface area (Å²) in [5.41, 5.74) is 1.73. The van der Waals surface area contributed by atoms with Crippen molar-refractivity contribution in [1.82, 2.24) is 15.5 Å². The first kappa shape index (κ1) is 21.1. The first-order chi connectivity index (χ1) is 14.1. The molecule has 1 fully saturated rings. The molecule has 2 aromatic carbocycles. The Balaban J connectivity index is 1.44. The van der Waals surface area contributed by atoms with Crippen LogP contribution in [0.4, 0.5) is 10.5 Å². The molecule has 7 heteroatoms. The summed E-state index contributed by atoms with van der Waals surface area (Å²) >= 11 is 5.99. The third-order valence-corrected chi connectivity index (χ3v) is 5.24. The molecular formula is C22H27ClN4O2. The van der Waals surface area contributed by atoms with Gasteiger partial charge in [0.05, 0.1) is 6.54 Å². The summed E-state index contributed by atoms with van der Waals surface area (Å²) in [6.07, 6.45) is 3.13. The van der Waals surface area contributed by atoms with Gasteiger partial charge in [0.25, 0.3) is 0 Å². The summed E-state index contributed by atoms with van der Waals surface area (Å²) in [5.74, 6) is -0.0226. The molecule has 1 heterocycles. The number of amides is 3. The second-order valence-electron chi connectivity index (χ2n) is 7.23. The van der Waals surface area contributed by atoms with Crippen LogP contribution in [0, 0.1) is 0 Å². The van der Waals surface area contributed by atoms with Crippen LogP contribution in [0.5, 0.6) is 0 Å². The number of benzene rings is 2. The lowest BCUT2D eigenvalue weighted by Crippen LogP contribution is -2.50. The van der Waals surface area contributed by atoms with Crippen molar-refractivity contribution in [3.8, 4) is 0 Å². The van der Waals surface area contributed by atoms with Crippen molar-refractivity contribution in [3.05, 3.63) is 65.2 Å². The number of halogens is 1. The maximum absolute atomic E-state index is 12.4. The van der Waals surface area contributed by atoms with Crippen molar-refractivity contribution in [1.29, 1.82) is 0 Å². The highest BCUT2D eigenvalue weighted by Gasteiger charge is 2.24. The molecule has 154 valence electrons. The van der Waals surface area contributed by atoms with E-state index in [1.807, 2.05) is 54.6 Å². The second-order valence-corrected chi connectivity index (χ2v) is 7.66. The van der Waals surface area contributed by atoms with Crippen LogP contribution in [-0.4, -0.2) is 42.5 Å². The molecule has 29 heavy (non-hydrogen) atoms. The molecule has 1 aliphatic rings. The number of carbonyl (C=O) groups excluding carboxylic acids is 2. The van der Waals surface area contributed by atoms with E-state index in [9.17, 15) is 9.59 Å². The Hall–Kier alpha value is -2.57. The molecule has 0 aliphatic carbocycles. The van der Waals surface area contributed by atoms with Crippen LogP contribution in [0.15, 0.2) is 54.6 Å². The van der Waals surface area contributed by atoms with Gasteiger partial charge in [0.1, 0.15) is 0 Å². The second kappa shape index (κ2) is 10.8. The number of para-hydroxylation sites is 1. The van der Waals surface area contributed by atoms with Gasteiger partial charge in [0.15, 0.2) is 0 Å². The van der Waals surface area contributed by atoms with Crippen LogP contribution in [0.3, 0.4) is 0 Å². The largest absolute Gasteiger partial charge is 0.351 e. The Kier molecular flexibility index (Phi) is 7.90. The number of nitrogens with zero attached hydrogens (tertiary/aromatic N) is 1. The summed E-state index contributed by atoms with van der Waals surface area (Å²) in [5, 5.41) is 9.36. The molecule has 0 spiro atoms. The molecule has 3 N–H and O–H groups in total. The molecule has 1 atom stereocenters. The van der Waals surface area contributed by atoms with Crippen molar-refractivity contribution in [2.45, 2.75) is 31.8 Å². The highest BCUT2D eigenvalue weighted by atomic mass is 35.5. The average Bonchev–Trinajstić information content (AvgIpc) is 2.72. The Labute approximate surface area is 176 Å². The first-order valence-corrected chi connectivity index (χ1v) is 10.3. The molecule has 0 aromatic heterocycles. The maximum Gasteiger partial charge on any atom is 0.319 e. The van der Waals surface area contributed by atoms with Gasteiger partial charge in [-0.05, 0) is 49.2 Å². The number of likely N-dealkylation sites (tertiary alicyclic amines) is 1. The van der Waals surface area contributed by atoms with E-state index in [0.29, 0.717) is 24.7 Å². The molecule has 1 unspecified atom stereocenters. The van der Waals surface area contributed by atoms with Gasteiger partial charge in [-0.2, -0.15) is 0 Å². The molecule has 0 saturated carbocycles. The fraction of sp³-hybridized carbons (Fsp3) is 0.364. The number of rotatable bonds is 7. The van der Waals surface area contributed by atoms with Gasteiger partial charge < -0.3 is 16.0 Å². The molecular weight excluding hydrogens is 388 g/mol. The van der Waals surface area contributed by atoms with Gasteiger partial charge in [-0.25, -0.2) is 4.79 Å². The topological polar surface area (TPSA) is 73.5 Å². The van der Waals surface area contributed by atoms with Gasteiger partial charge in [0, 0.05) is 29.8 Å². The maximum atomic E-state index is 12.4. The van der Waals surface area contributed by atoms with E-state index in [1.54, 1.807) is 0 Å². The van der Waals surface area contributed by atoms with Crippen molar-refractivity contribution in [2.75, 3.05) is 25.0 Å². The van der Waals surface area contributed by atoms with Crippen molar-refractivity contribution in [3.63, 3.8) is 0 Å². The number of hydrogen-bond acceptors (Lipinski definition) is 3. The zero-order valence-electron chi connectivity index (χ0n) is 16.4. The first-order valence-electron chi connectivity index (χ1n) is 9.95. The van der Waals surface area contributed by atoms with Crippen LogP contribution >= 0.6 is 11.6 Å². The Morgan fingerprint density at radius 1 is 1.03 bits per heavy atom. The lowest BCUT2D eigenvalue weighted by atomic mass is 10.0. The zero-order chi connectivity index (χ0) is 20.5. The fourth-order valence-electron chi connectivity index (χ4n) is 3.49. The molecule has 2 aromatic rings. The molecule has 3 amide bonds. The normalized spacial score (nSPS) is 16.8. The SMILES string of the molecule is O=C(CN1CCCCC1CNC(=O)Nc1ccccc1)NCc1cccc(Cl)c1. The minimum absolute atomic E-state index is 0.0226. The van der Waals surface area contributed by atoms with E-state index in [2.05, 4.69) is 20.9 Å². The lowest BCUT2D eigenvalue weighted by molar-refractivity contribution is -0.123. The monoisotopic (exact) mass is 414 g/mol. The highest BCUT2D eigenvalue weighted by Crippen LogP contribution is 2.16. The minimum Gasteiger partial charge on any atom is -0.351 e. The minimum atomic E-state index is -0.230. The summed E-state index contributed by atoms with van der Waals surface area (Å²) in [7, 11) is 0. The molecule has 6 nitrogen and oxygen atoms in total. The highest BCUT2D eigenvalue weighted by molar-refractivity contribution is 6.30. The molecule has 1 aliphatic heterocycles. The van der Waals surface area contributed by atoms with Crippen LogP contribution in [0.25, 0.3) is 0 Å². The number of anilines is 1.